The fourth-order valence-electron chi connectivity index (χ4n) is 2.27. The summed E-state index contributed by atoms with van der Waals surface area (Å²) in [6.07, 6.45) is 0.903. The van der Waals surface area contributed by atoms with Crippen LogP contribution >= 0.6 is 27.3 Å². The molecule has 2 heterocycles. The van der Waals surface area contributed by atoms with Crippen LogP contribution < -0.4 is 10.0 Å². The summed E-state index contributed by atoms with van der Waals surface area (Å²) < 4.78 is 33.8. The second kappa shape index (κ2) is 7.52. The predicted molar refractivity (Wildman–Crippen MR) is 88.1 cm³/mol. The molecule has 1 saturated heterocycles. The summed E-state index contributed by atoms with van der Waals surface area (Å²) in [5, 5.41) is 3.20. The second-order valence-corrected chi connectivity index (χ2v) is 9.30. The van der Waals surface area contributed by atoms with Gasteiger partial charge < -0.3 is 10.1 Å². The van der Waals surface area contributed by atoms with Gasteiger partial charge in [0.05, 0.1) is 10.4 Å². The topological polar surface area (TPSA) is 67.4 Å². The number of hydrogen-bond acceptors (Lipinski definition) is 5. The van der Waals surface area contributed by atoms with Crippen molar-refractivity contribution in [3.8, 4) is 0 Å². The van der Waals surface area contributed by atoms with Gasteiger partial charge in [-0.15, -0.1) is 11.3 Å². The summed E-state index contributed by atoms with van der Waals surface area (Å²) in [6.45, 7) is 6.80. The van der Waals surface area contributed by atoms with Gasteiger partial charge in [0.25, 0.3) is 0 Å². The summed E-state index contributed by atoms with van der Waals surface area (Å²) in [5.41, 5.74) is 0. The van der Waals surface area contributed by atoms with Gasteiger partial charge in [0.2, 0.25) is 10.0 Å². The number of ether oxygens (including phenoxy) is 1. The van der Waals surface area contributed by atoms with Gasteiger partial charge in [0.1, 0.15) is 4.90 Å². The molecule has 1 aromatic heterocycles. The molecule has 0 bridgehead atoms. The van der Waals surface area contributed by atoms with E-state index in [1.165, 1.54) is 11.3 Å². The Kier molecular flexibility index (Phi) is 6.22. The van der Waals surface area contributed by atoms with Crippen molar-refractivity contribution >= 4 is 37.3 Å². The summed E-state index contributed by atoms with van der Waals surface area (Å²) in [5.74, 6) is 0.249. The van der Waals surface area contributed by atoms with Gasteiger partial charge in [-0.2, -0.15) is 0 Å². The molecule has 21 heavy (non-hydrogen) atoms. The summed E-state index contributed by atoms with van der Waals surface area (Å²) in [7, 11) is -3.50. The molecule has 0 aromatic carbocycles. The van der Waals surface area contributed by atoms with E-state index in [4.69, 9.17) is 4.74 Å². The largest absolute Gasteiger partial charge is 0.381 e. The molecule has 2 unspecified atom stereocenters. The molecule has 1 aliphatic rings. The maximum Gasteiger partial charge on any atom is 0.242 e. The molecule has 0 saturated carbocycles. The van der Waals surface area contributed by atoms with Crippen LogP contribution in [0.1, 0.15) is 25.1 Å². The SMILES string of the molecule is CCNCc1cc(S(=O)(=O)NC(C)C2CCOC2)c(Br)s1. The van der Waals surface area contributed by atoms with Crippen molar-refractivity contribution in [1.29, 1.82) is 0 Å². The average molecular weight is 397 g/mol. The van der Waals surface area contributed by atoms with E-state index in [1.807, 2.05) is 13.8 Å². The van der Waals surface area contributed by atoms with Crippen molar-refractivity contribution < 1.29 is 13.2 Å². The Morgan fingerprint density at radius 3 is 2.95 bits per heavy atom. The average Bonchev–Trinajstić information content (AvgIpc) is 3.05. The smallest absolute Gasteiger partial charge is 0.242 e. The molecule has 5 nitrogen and oxygen atoms in total. The molecule has 120 valence electrons. The highest BCUT2D eigenvalue weighted by Crippen LogP contribution is 2.32. The first-order chi connectivity index (χ1) is 9.94. The quantitative estimate of drug-likeness (QED) is 0.741. The minimum atomic E-state index is -3.50. The van der Waals surface area contributed by atoms with Gasteiger partial charge in [0.15, 0.2) is 0 Å². The highest BCUT2D eigenvalue weighted by atomic mass is 79.9. The van der Waals surface area contributed by atoms with Gasteiger partial charge in [-0.25, -0.2) is 13.1 Å². The molecule has 1 aliphatic heterocycles. The van der Waals surface area contributed by atoms with Crippen LogP contribution in [0.4, 0.5) is 0 Å². The highest BCUT2D eigenvalue weighted by Gasteiger charge is 2.28. The molecule has 8 heteroatoms. The first kappa shape index (κ1) is 17.4. The van der Waals surface area contributed by atoms with Crippen molar-refractivity contribution in [3.63, 3.8) is 0 Å². The van der Waals surface area contributed by atoms with Crippen molar-refractivity contribution in [1.82, 2.24) is 10.0 Å². The molecule has 1 fully saturated rings. The number of sulfonamides is 1. The molecular formula is C13H21BrN2O3S2. The zero-order valence-corrected chi connectivity index (χ0v) is 15.4. The monoisotopic (exact) mass is 396 g/mol. The number of hydrogen-bond donors (Lipinski definition) is 2. The third-order valence-corrected chi connectivity index (χ3v) is 7.37. The van der Waals surface area contributed by atoms with E-state index in [1.54, 1.807) is 6.07 Å². The van der Waals surface area contributed by atoms with Crippen molar-refractivity contribution in [3.05, 3.63) is 14.7 Å². The van der Waals surface area contributed by atoms with Crippen LogP contribution in [0.3, 0.4) is 0 Å². The first-order valence-electron chi connectivity index (χ1n) is 7.03. The lowest BCUT2D eigenvalue weighted by molar-refractivity contribution is 0.180. The van der Waals surface area contributed by atoms with Gasteiger partial charge in [-0.3, -0.25) is 0 Å². The van der Waals surface area contributed by atoms with Crippen LogP contribution in [-0.4, -0.2) is 34.2 Å². The maximum absolute atomic E-state index is 12.5. The Morgan fingerprint density at radius 1 is 1.57 bits per heavy atom. The Bertz CT molecular complexity index is 568. The Hall–Kier alpha value is 0.01000. The normalized spacial score (nSPS) is 20.8. The molecule has 0 radical (unpaired) electrons. The fraction of sp³-hybridized carbons (Fsp3) is 0.692. The van der Waals surface area contributed by atoms with Gasteiger partial charge in [-0.1, -0.05) is 6.92 Å². The van der Waals surface area contributed by atoms with E-state index >= 15 is 0 Å². The number of thiophene rings is 1. The van der Waals surface area contributed by atoms with E-state index < -0.39 is 10.0 Å². The number of rotatable bonds is 7. The van der Waals surface area contributed by atoms with Crippen LogP contribution in [0.15, 0.2) is 14.7 Å². The van der Waals surface area contributed by atoms with Crippen LogP contribution in [0, 0.1) is 5.92 Å². The van der Waals surface area contributed by atoms with Crippen molar-refractivity contribution in [2.24, 2.45) is 5.92 Å². The summed E-state index contributed by atoms with van der Waals surface area (Å²) >= 11 is 4.82. The van der Waals surface area contributed by atoms with Crippen LogP contribution in [0.2, 0.25) is 0 Å². The summed E-state index contributed by atoms with van der Waals surface area (Å²) in [4.78, 5) is 1.33. The van der Waals surface area contributed by atoms with E-state index in [0.717, 1.165) is 17.8 Å². The van der Waals surface area contributed by atoms with E-state index in [0.29, 0.717) is 28.4 Å². The maximum atomic E-state index is 12.5. The second-order valence-electron chi connectivity index (χ2n) is 5.16. The lowest BCUT2D eigenvalue weighted by atomic mass is 10.0. The van der Waals surface area contributed by atoms with Gasteiger partial charge >= 0.3 is 0 Å². The predicted octanol–water partition coefficient (Wildman–Crippen LogP) is 2.32. The Labute approximate surface area is 138 Å². The van der Waals surface area contributed by atoms with Gasteiger partial charge in [-0.05, 0) is 41.9 Å². The van der Waals surface area contributed by atoms with Crippen LogP contribution in [0.25, 0.3) is 0 Å². The standard InChI is InChI=1S/C13H21BrN2O3S2/c1-3-15-7-11-6-12(13(14)20-11)21(17,18)16-9(2)10-4-5-19-8-10/h6,9-10,15-16H,3-5,7-8H2,1-2H3. The van der Waals surface area contributed by atoms with Crippen molar-refractivity contribution in [2.45, 2.75) is 37.8 Å². The lowest BCUT2D eigenvalue weighted by Crippen LogP contribution is -2.38. The molecule has 0 amide bonds. The Morgan fingerprint density at radius 2 is 2.33 bits per heavy atom. The molecule has 1 aromatic rings. The molecule has 2 rings (SSSR count). The molecule has 2 atom stereocenters. The van der Waals surface area contributed by atoms with E-state index in [2.05, 4.69) is 26.0 Å². The number of halogens is 1. The zero-order chi connectivity index (χ0) is 15.5. The van der Waals surface area contributed by atoms with Crippen molar-refractivity contribution in [2.75, 3.05) is 19.8 Å². The van der Waals surface area contributed by atoms with E-state index in [9.17, 15) is 8.42 Å². The lowest BCUT2D eigenvalue weighted by Gasteiger charge is -2.18. The minimum absolute atomic E-state index is 0.124. The Balaban J connectivity index is 2.09. The zero-order valence-electron chi connectivity index (χ0n) is 12.2. The number of nitrogens with one attached hydrogen (secondary N) is 2. The third kappa shape index (κ3) is 4.49. The van der Waals surface area contributed by atoms with Crippen LogP contribution in [0.5, 0.6) is 0 Å². The van der Waals surface area contributed by atoms with Crippen LogP contribution in [-0.2, 0) is 21.3 Å². The van der Waals surface area contributed by atoms with E-state index in [-0.39, 0.29) is 12.0 Å². The summed E-state index contributed by atoms with van der Waals surface area (Å²) in [6, 6.07) is 1.61. The molecular weight excluding hydrogens is 376 g/mol. The molecule has 0 aliphatic carbocycles. The minimum Gasteiger partial charge on any atom is -0.381 e. The molecule has 0 spiro atoms. The fourth-order valence-corrected chi connectivity index (χ4v) is 6.23. The highest BCUT2D eigenvalue weighted by molar-refractivity contribution is 9.11. The molecule has 2 N–H and O–H groups in total. The van der Waals surface area contributed by atoms with Gasteiger partial charge in [0, 0.05) is 30.0 Å². The first-order valence-corrected chi connectivity index (χ1v) is 10.1. The third-order valence-electron chi connectivity index (χ3n) is 3.56.